The molecule has 0 radical (unpaired) electrons. The lowest BCUT2D eigenvalue weighted by Gasteiger charge is -2.09. The van der Waals surface area contributed by atoms with Crippen LogP contribution >= 0.6 is 0 Å². The van der Waals surface area contributed by atoms with E-state index in [-0.39, 0.29) is 12.1 Å². The Hall–Kier alpha value is -3.01. The van der Waals surface area contributed by atoms with Crippen molar-refractivity contribution in [3.8, 4) is 0 Å². The fourth-order valence-corrected chi connectivity index (χ4v) is 3.24. The maximum Gasteiger partial charge on any atom is 0.254 e. The van der Waals surface area contributed by atoms with Crippen molar-refractivity contribution in [2.75, 3.05) is 17.0 Å². The Balaban J connectivity index is 1.58. The molecule has 2 N–H and O–H groups in total. The number of aromatic nitrogens is 2. The van der Waals surface area contributed by atoms with E-state index in [1.807, 2.05) is 0 Å². The molecule has 10 heteroatoms. The highest BCUT2D eigenvalue weighted by Crippen LogP contribution is 2.13. The number of carbonyl (C=O) groups excluding carboxylic acids is 1. The molecule has 26 heavy (non-hydrogen) atoms. The van der Waals surface area contributed by atoms with E-state index in [1.54, 1.807) is 35.1 Å². The topological polar surface area (TPSA) is 92.6 Å². The average Bonchev–Trinajstić information content (AvgIpc) is 3.01. The van der Waals surface area contributed by atoms with Gasteiger partial charge in [0.25, 0.3) is 5.91 Å². The summed E-state index contributed by atoms with van der Waals surface area (Å²) < 4.78 is 54.5. The SMILES string of the molecule is O=C(NCCS(=O)(=O)Nc1ccn2nccc2c1)c1ccc(F)cc1F. The number of hydrogen-bond donors (Lipinski definition) is 2. The highest BCUT2D eigenvalue weighted by molar-refractivity contribution is 7.92. The molecule has 0 aliphatic heterocycles. The number of benzene rings is 1. The van der Waals surface area contributed by atoms with Crippen LogP contribution in [0.2, 0.25) is 0 Å². The number of carbonyl (C=O) groups is 1. The van der Waals surface area contributed by atoms with E-state index in [9.17, 15) is 22.0 Å². The summed E-state index contributed by atoms with van der Waals surface area (Å²) in [6.45, 7) is -0.236. The number of rotatable bonds is 6. The Morgan fingerprint density at radius 3 is 2.73 bits per heavy atom. The summed E-state index contributed by atoms with van der Waals surface area (Å²) in [7, 11) is -3.73. The number of halogens is 2. The first-order valence-corrected chi connectivity index (χ1v) is 9.16. The third kappa shape index (κ3) is 4.14. The smallest absolute Gasteiger partial charge is 0.254 e. The van der Waals surface area contributed by atoms with E-state index in [2.05, 4.69) is 15.1 Å². The number of hydrogen-bond acceptors (Lipinski definition) is 4. The molecule has 0 fully saturated rings. The fraction of sp³-hybridized carbons (Fsp3) is 0.125. The minimum absolute atomic E-state index is 0.236. The van der Waals surface area contributed by atoms with Crippen LogP contribution in [0.1, 0.15) is 10.4 Å². The van der Waals surface area contributed by atoms with Gasteiger partial charge in [-0.25, -0.2) is 21.7 Å². The van der Waals surface area contributed by atoms with Crippen LogP contribution in [0, 0.1) is 11.6 Å². The minimum atomic E-state index is -3.73. The molecular formula is C16H14F2N4O3S. The Bertz CT molecular complexity index is 1070. The Kier molecular flexibility index (Phi) is 4.85. The number of nitrogens with zero attached hydrogens (tertiary/aromatic N) is 2. The fourth-order valence-electron chi connectivity index (χ4n) is 2.28. The third-order valence-electron chi connectivity index (χ3n) is 3.51. The van der Waals surface area contributed by atoms with Crippen LogP contribution in [0.15, 0.2) is 48.8 Å². The first kappa shape index (κ1) is 17.8. The van der Waals surface area contributed by atoms with Crippen LogP contribution in [-0.4, -0.2) is 36.2 Å². The molecule has 3 aromatic rings. The molecule has 2 aromatic heterocycles. The number of nitrogens with one attached hydrogen (secondary N) is 2. The number of sulfonamides is 1. The highest BCUT2D eigenvalue weighted by atomic mass is 32.2. The second-order valence-corrected chi connectivity index (χ2v) is 7.26. The van der Waals surface area contributed by atoms with Gasteiger partial charge in [0.1, 0.15) is 11.6 Å². The van der Waals surface area contributed by atoms with Crippen molar-refractivity contribution >= 4 is 27.1 Å². The van der Waals surface area contributed by atoms with Gasteiger partial charge in [-0.05, 0) is 30.3 Å². The summed E-state index contributed by atoms with van der Waals surface area (Å²) in [6.07, 6.45) is 3.18. The summed E-state index contributed by atoms with van der Waals surface area (Å²) in [5, 5.41) is 6.30. The summed E-state index contributed by atoms with van der Waals surface area (Å²) in [5.41, 5.74) is 0.710. The molecule has 0 aliphatic carbocycles. The molecule has 0 bridgehead atoms. The first-order valence-electron chi connectivity index (χ1n) is 7.51. The zero-order valence-corrected chi connectivity index (χ0v) is 14.1. The van der Waals surface area contributed by atoms with E-state index < -0.39 is 33.3 Å². The lowest BCUT2D eigenvalue weighted by Crippen LogP contribution is -2.31. The number of pyridine rings is 1. The highest BCUT2D eigenvalue weighted by Gasteiger charge is 2.15. The van der Waals surface area contributed by atoms with Crippen molar-refractivity contribution in [2.45, 2.75) is 0 Å². The molecule has 0 saturated heterocycles. The minimum Gasteiger partial charge on any atom is -0.351 e. The standard InChI is InChI=1S/C16H14F2N4O3S/c17-11-1-2-14(15(18)9-11)16(23)19-6-8-26(24,25)21-12-4-7-22-13(10-12)3-5-20-22/h1-5,7,9-10,21H,6,8H2,(H,19,23). The summed E-state index contributed by atoms with van der Waals surface area (Å²) in [5.74, 6) is -3.05. The number of amides is 1. The Morgan fingerprint density at radius 1 is 1.15 bits per heavy atom. The Labute approximate surface area is 147 Å². The largest absolute Gasteiger partial charge is 0.351 e. The van der Waals surface area contributed by atoms with Crippen LogP contribution < -0.4 is 10.0 Å². The quantitative estimate of drug-likeness (QED) is 0.682. The molecule has 7 nitrogen and oxygen atoms in total. The molecule has 2 heterocycles. The normalized spacial score (nSPS) is 11.5. The maximum absolute atomic E-state index is 13.5. The predicted octanol–water partition coefficient (Wildman–Crippen LogP) is 1.78. The van der Waals surface area contributed by atoms with E-state index in [0.717, 1.165) is 12.1 Å². The maximum atomic E-state index is 13.5. The molecule has 0 saturated carbocycles. The zero-order valence-electron chi connectivity index (χ0n) is 13.3. The molecule has 0 aliphatic rings. The van der Waals surface area contributed by atoms with Crippen LogP contribution in [-0.2, 0) is 10.0 Å². The second kappa shape index (κ2) is 7.08. The van der Waals surface area contributed by atoms with E-state index in [0.29, 0.717) is 17.3 Å². The van der Waals surface area contributed by atoms with Crippen molar-refractivity contribution < 1.29 is 22.0 Å². The van der Waals surface area contributed by atoms with Gasteiger partial charge in [0.15, 0.2) is 0 Å². The van der Waals surface area contributed by atoms with Crippen molar-refractivity contribution in [3.63, 3.8) is 0 Å². The van der Waals surface area contributed by atoms with Gasteiger partial charge in [0.2, 0.25) is 10.0 Å². The lowest BCUT2D eigenvalue weighted by atomic mass is 10.2. The summed E-state index contributed by atoms with van der Waals surface area (Å²) in [4.78, 5) is 11.8. The van der Waals surface area contributed by atoms with Gasteiger partial charge in [-0.15, -0.1) is 0 Å². The summed E-state index contributed by atoms with van der Waals surface area (Å²) in [6, 6.07) is 7.40. The summed E-state index contributed by atoms with van der Waals surface area (Å²) >= 11 is 0. The number of fused-ring (bicyclic) bond motifs is 1. The van der Waals surface area contributed by atoms with Gasteiger partial charge in [0, 0.05) is 25.0 Å². The molecular weight excluding hydrogens is 366 g/mol. The number of anilines is 1. The second-order valence-electron chi connectivity index (χ2n) is 5.42. The van der Waals surface area contributed by atoms with Gasteiger partial charge < -0.3 is 5.32 Å². The van der Waals surface area contributed by atoms with Crippen LogP contribution in [0.25, 0.3) is 5.52 Å². The monoisotopic (exact) mass is 380 g/mol. The van der Waals surface area contributed by atoms with Crippen molar-refractivity contribution in [1.82, 2.24) is 14.9 Å². The van der Waals surface area contributed by atoms with E-state index in [4.69, 9.17) is 0 Å². The van der Waals surface area contributed by atoms with Crippen LogP contribution in [0.4, 0.5) is 14.5 Å². The Morgan fingerprint density at radius 2 is 1.96 bits per heavy atom. The van der Waals surface area contributed by atoms with Gasteiger partial charge in [0.05, 0.1) is 22.5 Å². The molecule has 136 valence electrons. The van der Waals surface area contributed by atoms with Gasteiger partial charge in [-0.1, -0.05) is 0 Å². The molecule has 1 amide bonds. The van der Waals surface area contributed by atoms with Crippen LogP contribution in [0.5, 0.6) is 0 Å². The van der Waals surface area contributed by atoms with Crippen molar-refractivity contribution in [3.05, 3.63) is 66.0 Å². The molecule has 3 rings (SSSR count). The average molecular weight is 380 g/mol. The van der Waals surface area contributed by atoms with Gasteiger partial charge in [-0.2, -0.15) is 5.10 Å². The molecule has 0 spiro atoms. The zero-order chi connectivity index (χ0) is 18.7. The van der Waals surface area contributed by atoms with Gasteiger partial charge in [-0.3, -0.25) is 9.52 Å². The molecule has 0 unspecified atom stereocenters. The van der Waals surface area contributed by atoms with Crippen LogP contribution in [0.3, 0.4) is 0 Å². The first-order chi connectivity index (χ1) is 12.3. The molecule has 1 aromatic carbocycles. The molecule has 0 atom stereocenters. The van der Waals surface area contributed by atoms with E-state index in [1.165, 1.54) is 0 Å². The predicted molar refractivity (Wildman–Crippen MR) is 91.3 cm³/mol. The van der Waals surface area contributed by atoms with E-state index >= 15 is 0 Å². The van der Waals surface area contributed by atoms with Crippen molar-refractivity contribution in [2.24, 2.45) is 0 Å². The van der Waals surface area contributed by atoms with Crippen molar-refractivity contribution in [1.29, 1.82) is 0 Å². The van der Waals surface area contributed by atoms with Gasteiger partial charge >= 0.3 is 0 Å². The third-order valence-corrected chi connectivity index (χ3v) is 4.79. The lowest BCUT2D eigenvalue weighted by molar-refractivity contribution is 0.0952.